The Kier molecular flexibility index (Phi) is 6.72. The molecule has 5 heteroatoms. The summed E-state index contributed by atoms with van der Waals surface area (Å²) in [6.07, 6.45) is 1.16. The quantitative estimate of drug-likeness (QED) is 0.675. The molecule has 0 radical (unpaired) electrons. The highest BCUT2D eigenvalue weighted by Gasteiger charge is 2.11. The molecular weight excluding hydrogens is 246 g/mol. The third-order valence-corrected chi connectivity index (χ3v) is 2.48. The van der Waals surface area contributed by atoms with E-state index in [1.807, 2.05) is 19.1 Å². The summed E-state index contributed by atoms with van der Waals surface area (Å²) in [4.78, 5) is 0. The maximum Gasteiger partial charge on any atom is 0.188 e. The van der Waals surface area contributed by atoms with Crippen LogP contribution < -0.4 is 9.47 Å². The molecule has 19 heavy (non-hydrogen) atoms. The first-order valence-corrected chi connectivity index (χ1v) is 5.96. The largest absolute Gasteiger partial charge is 0.464 e. The molecule has 0 amide bonds. The molecule has 0 spiro atoms. The normalized spacial score (nSPS) is 10.0. The first-order valence-electron chi connectivity index (χ1n) is 5.96. The van der Waals surface area contributed by atoms with Gasteiger partial charge in [-0.05, 0) is 30.5 Å². The lowest BCUT2D eigenvalue weighted by Gasteiger charge is -2.15. The fourth-order valence-electron chi connectivity index (χ4n) is 1.69. The fourth-order valence-corrected chi connectivity index (χ4v) is 1.69. The van der Waals surface area contributed by atoms with Gasteiger partial charge in [0.2, 0.25) is 0 Å². The number of nitrogens with zero attached hydrogens (tertiary/aromatic N) is 1. The van der Waals surface area contributed by atoms with Crippen LogP contribution in [-0.4, -0.2) is 27.8 Å². The lowest BCUT2D eigenvalue weighted by molar-refractivity contribution is 0.0318. The van der Waals surface area contributed by atoms with Gasteiger partial charge in [0.25, 0.3) is 0 Å². The molecule has 0 unspecified atom stereocenters. The van der Waals surface area contributed by atoms with E-state index in [1.165, 1.54) is 0 Å². The third-order valence-electron chi connectivity index (χ3n) is 2.48. The molecule has 0 aliphatic rings. The number of methoxy groups -OCH3 is 2. The highest BCUT2D eigenvalue weighted by Crippen LogP contribution is 2.33. The molecule has 104 valence electrons. The second kappa shape index (κ2) is 8.35. The van der Waals surface area contributed by atoms with Gasteiger partial charge in [-0.3, -0.25) is 0 Å². The Morgan fingerprint density at radius 3 is 2.42 bits per heavy atom. The zero-order chi connectivity index (χ0) is 14.1. The van der Waals surface area contributed by atoms with Crippen LogP contribution in [0.2, 0.25) is 0 Å². The average Bonchev–Trinajstić information content (AvgIpc) is 2.41. The maximum atomic E-state index is 8.64. The Hall–Kier alpha value is -1.77. The first kappa shape index (κ1) is 15.3. The minimum atomic E-state index is 0.143. The molecule has 1 aromatic rings. The van der Waals surface area contributed by atoms with Crippen molar-refractivity contribution in [3.05, 3.63) is 23.3 Å². The van der Waals surface area contributed by atoms with Crippen LogP contribution in [0, 0.1) is 18.3 Å². The standard InChI is InChI=1S/C14H19NO4/c1-11-7-12(5-4-6-15)8-13(18-9-16-2)14(11)19-10-17-3/h7-8H,4-5,9-10H2,1-3H3. The van der Waals surface area contributed by atoms with Crippen LogP contribution in [0.3, 0.4) is 0 Å². The van der Waals surface area contributed by atoms with Crippen LogP contribution in [0.5, 0.6) is 11.5 Å². The smallest absolute Gasteiger partial charge is 0.188 e. The Balaban J connectivity index is 2.96. The van der Waals surface area contributed by atoms with Gasteiger partial charge in [0.15, 0.2) is 25.1 Å². The lowest BCUT2D eigenvalue weighted by atomic mass is 10.1. The monoisotopic (exact) mass is 265 g/mol. The van der Waals surface area contributed by atoms with Gasteiger partial charge in [-0.15, -0.1) is 0 Å². The van der Waals surface area contributed by atoms with E-state index in [1.54, 1.807) is 14.2 Å². The second-order valence-electron chi connectivity index (χ2n) is 4.00. The molecule has 0 N–H and O–H groups in total. The number of benzene rings is 1. The Labute approximate surface area is 113 Å². The van der Waals surface area contributed by atoms with Gasteiger partial charge >= 0.3 is 0 Å². The molecule has 0 saturated carbocycles. The van der Waals surface area contributed by atoms with Crippen molar-refractivity contribution in [2.75, 3.05) is 27.8 Å². The number of ether oxygens (including phenoxy) is 4. The van der Waals surface area contributed by atoms with E-state index in [-0.39, 0.29) is 13.6 Å². The van der Waals surface area contributed by atoms with E-state index in [9.17, 15) is 0 Å². The topological polar surface area (TPSA) is 60.7 Å². The molecule has 5 nitrogen and oxygen atoms in total. The molecule has 0 heterocycles. The Bertz CT molecular complexity index is 440. The van der Waals surface area contributed by atoms with Crippen LogP contribution in [0.1, 0.15) is 17.5 Å². The molecule has 0 atom stereocenters. The molecule has 0 aliphatic carbocycles. The molecule has 1 aromatic carbocycles. The van der Waals surface area contributed by atoms with Gasteiger partial charge < -0.3 is 18.9 Å². The summed E-state index contributed by atoms with van der Waals surface area (Å²) in [5, 5.41) is 8.64. The fraction of sp³-hybridized carbons (Fsp3) is 0.500. The Morgan fingerprint density at radius 1 is 1.11 bits per heavy atom. The van der Waals surface area contributed by atoms with Gasteiger partial charge in [-0.25, -0.2) is 0 Å². The van der Waals surface area contributed by atoms with Gasteiger partial charge in [0.05, 0.1) is 6.07 Å². The molecule has 0 fully saturated rings. The predicted octanol–water partition coefficient (Wildman–Crippen LogP) is 2.42. The molecule has 0 bridgehead atoms. The summed E-state index contributed by atoms with van der Waals surface area (Å²) in [7, 11) is 3.12. The van der Waals surface area contributed by atoms with E-state index in [0.29, 0.717) is 24.3 Å². The summed E-state index contributed by atoms with van der Waals surface area (Å²) >= 11 is 0. The van der Waals surface area contributed by atoms with Crippen LogP contribution in [0.4, 0.5) is 0 Å². The predicted molar refractivity (Wildman–Crippen MR) is 70.1 cm³/mol. The van der Waals surface area contributed by atoms with E-state index in [4.69, 9.17) is 24.2 Å². The van der Waals surface area contributed by atoms with Crippen molar-refractivity contribution >= 4 is 0 Å². The highest BCUT2D eigenvalue weighted by atomic mass is 16.7. The van der Waals surface area contributed by atoms with Gasteiger partial charge in [0, 0.05) is 20.6 Å². The summed E-state index contributed by atoms with van der Waals surface area (Å²) in [5.41, 5.74) is 1.98. The van der Waals surface area contributed by atoms with Crippen molar-refractivity contribution in [1.82, 2.24) is 0 Å². The minimum absolute atomic E-state index is 0.143. The van der Waals surface area contributed by atoms with Gasteiger partial charge in [-0.2, -0.15) is 5.26 Å². The minimum Gasteiger partial charge on any atom is -0.464 e. The summed E-state index contributed by atoms with van der Waals surface area (Å²) in [6.45, 7) is 2.23. The van der Waals surface area contributed by atoms with Crippen molar-refractivity contribution in [1.29, 1.82) is 5.26 Å². The number of rotatable bonds is 8. The number of aryl methyl sites for hydroxylation is 2. The molecular formula is C14H19NO4. The van der Waals surface area contributed by atoms with Crippen LogP contribution in [-0.2, 0) is 15.9 Å². The zero-order valence-corrected chi connectivity index (χ0v) is 11.6. The van der Waals surface area contributed by atoms with Crippen LogP contribution >= 0.6 is 0 Å². The van der Waals surface area contributed by atoms with E-state index < -0.39 is 0 Å². The van der Waals surface area contributed by atoms with Gasteiger partial charge in [-0.1, -0.05) is 6.07 Å². The van der Waals surface area contributed by atoms with Gasteiger partial charge in [0.1, 0.15) is 0 Å². The van der Waals surface area contributed by atoms with E-state index >= 15 is 0 Å². The van der Waals surface area contributed by atoms with Crippen molar-refractivity contribution in [3.63, 3.8) is 0 Å². The molecule has 1 rings (SSSR count). The summed E-state index contributed by atoms with van der Waals surface area (Å²) < 4.78 is 20.8. The van der Waals surface area contributed by atoms with Crippen LogP contribution in [0.25, 0.3) is 0 Å². The van der Waals surface area contributed by atoms with Crippen molar-refractivity contribution < 1.29 is 18.9 Å². The molecule has 0 saturated heterocycles. The highest BCUT2D eigenvalue weighted by molar-refractivity contribution is 5.49. The van der Waals surface area contributed by atoms with Crippen LogP contribution in [0.15, 0.2) is 12.1 Å². The third kappa shape index (κ3) is 4.78. The van der Waals surface area contributed by atoms with Crippen molar-refractivity contribution in [2.24, 2.45) is 0 Å². The molecule has 0 aliphatic heterocycles. The summed E-state index contributed by atoms with van der Waals surface area (Å²) in [5.74, 6) is 1.24. The van der Waals surface area contributed by atoms with E-state index in [0.717, 1.165) is 11.1 Å². The second-order valence-corrected chi connectivity index (χ2v) is 4.00. The lowest BCUT2D eigenvalue weighted by Crippen LogP contribution is -2.06. The zero-order valence-electron chi connectivity index (χ0n) is 11.6. The first-order chi connectivity index (χ1) is 9.22. The maximum absolute atomic E-state index is 8.64. The van der Waals surface area contributed by atoms with Crippen molar-refractivity contribution in [3.8, 4) is 17.6 Å². The van der Waals surface area contributed by atoms with Crippen molar-refractivity contribution in [2.45, 2.75) is 19.8 Å². The number of nitriles is 1. The molecule has 0 aromatic heterocycles. The Morgan fingerprint density at radius 2 is 1.79 bits per heavy atom. The summed E-state index contributed by atoms with van der Waals surface area (Å²) in [6, 6.07) is 5.99. The number of hydrogen-bond donors (Lipinski definition) is 0. The SMILES string of the molecule is COCOc1cc(CCC#N)cc(C)c1OCOC. The average molecular weight is 265 g/mol. The van der Waals surface area contributed by atoms with E-state index in [2.05, 4.69) is 6.07 Å². The number of hydrogen-bond acceptors (Lipinski definition) is 5.